The summed E-state index contributed by atoms with van der Waals surface area (Å²) in [7, 11) is 3.19. The van der Waals surface area contributed by atoms with Crippen molar-refractivity contribution in [2.75, 3.05) is 46.3 Å². The van der Waals surface area contributed by atoms with Gasteiger partial charge >= 0.3 is 0 Å². The van der Waals surface area contributed by atoms with Crippen LogP contribution < -0.4 is 31.0 Å². The van der Waals surface area contributed by atoms with Crippen molar-refractivity contribution in [3.05, 3.63) is 42.9 Å². The number of fused-ring (bicyclic) bond motifs is 3. The summed E-state index contributed by atoms with van der Waals surface area (Å²) >= 11 is 0. The van der Waals surface area contributed by atoms with Crippen LogP contribution in [0.2, 0.25) is 0 Å². The van der Waals surface area contributed by atoms with Crippen molar-refractivity contribution in [1.82, 2.24) is 20.3 Å². The lowest BCUT2D eigenvalue weighted by Crippen LogP contribution is -2.35. The maximum absolute atomic E-state index is 6.33. The standard InChI is InChI=1S/C25H27N7O4/c1-33-22-7-18-17-6-20(32-24(27)19(17)11-31-21(18)8-23(22)34-2)14-5-16(10-28-9-14)35-12-15(26)13-36-25-29-3-4-30-25/h5-11,15H,3-4,12-13,26H2,1-2H3,(H2,27,32)(H,29,30)/t15-/m1/s1. The van der Waals surface area contributed by atoms with Gasteiger partial charge in [-0.25, -0.2) is 9.98 Å². The minimum Gasteiger partial charge on any atom is -0.493 e. The van der Waals surface area contributed by atoms with Crippen LogP contribution in [0.4, 0.5) is 5.82 Å². The fourth-order valence-electron chi connectivity index (χ4n) is 3.95. The number of methoxy groups -OCH3 is 2. The summed E-state index contributed by atoms with van der Waals surface area (Å²) in [4.78, 5) is 17.6. The van der Waals surface area contributed by atoms with Gasteiger partial charge in [-0.2, -0.15) is 0 Å². The fourth-order valence-corrected chi connectivity index (χ4v) is 3.95. The number of nitrogens with one attached hydrogen (secondary N) is 1. The van der Waals surface area contributed by atoms with Gasteiger partial charge in [0.25, 0.3) is 6.02 Å². The molecule has 186 valence electrons. The number of rotatable bonds is 8. The normalized spacial score (nSPS) is 13.8. The number of aliphatic imine (C=N–C) groups is 1. The number of nitrogens with zero attached hydrogens (tertiary/aromatic N) is 4. The van der Waals surface area contributed by atoms with Gasteiger partial charge in [-0.1, -0.05) is 0 Å². The molecule has 4 aromatic rings. The highest BCUT2D eigenvalue weighted by Gasteiger charge is 2.15. The molecule has 1 atom stereocenters. The smallest absolute Gasteiger partial charge is 0.284 e. The van der Waals surface area contributed by atoms with Crippen molar-refractivity contribution < 1.29 is 18.9 Å². The summed E-state index contributed by atoms with van der Waals surface area (Å²) < 4.78 is 22.3. The van der Waals surface area contributed by atoms with Crippen LogP contribution in [0.1, 0.15) is 0 Å². The Hall–Kier alpha value is -4.38. The molecule has 0 unspecified atom stereocenters. The summed E-state index contributed by atoms with van der Waals surface area (Å²) in [5.41, 5.74) is 14.6. The minimum atomic E-state index is -0.334. The summed E-state index contributed by atoms with van der Waals surface area (Å²) in [5.74, 6) is 2.13. The van der Waals surface area contributed by atoms with Gasteiger partial charge in [0.1, 0.15) is 24.8 Å². The van der Waals surface area contributed by atoms with Gasteiger partial charge in [0.15, 0.2) is 11.5 Å². The third-order valence-corrected chi connectivity index (χ3v) is 5.76. The molecule has 4 heterocycles. The average molecular weight is 490 g/mol. The molecule has 5 N–H and O–H groups in total. The SMILES string of the molecule is COc1cc2ncc3c(N)nc(-c4cncc(OC[C@@H](N)COC5=NCCN5)c4)cc3c2cc1OC. The van der Waals surface area contributed by atoms with Crippen LogP contribution in [0.5, 0.6) is 17.2 Å². The molecule has 0 saturated carbocycles. The highest BCUT2D eigenvalue weighted by Crippen LogP contribution is 2.37. The number of hydrogen-bond donors (Lipinski definition) is 3. The van der Waals surface area contributed by atoms with E-state index in [1.165, 1.54) is 0 Å². The number of nitrogens with two attached hydrogens (primary N) is 2. The monoisotopic (exact) mass is 489 g/mol. The first-order chi connectivity index (χ1) is 17.6. The molecule has 1 aromatic carbocycles. The Labute approximate surface area is 207 Å². The predicted molar refractivity (Wildman–Crippen MR) is 138 cm³/mol. The zero-order valence-corrected chi connectivity index (χ0v) is 20.0. The first-order valence-electron chi connectivity index (χ1n) is 11.4. The van der Waals surface area contributed by atoms with Crippen LogP contribution >= 0.6 is 0 Å². The summed E-state index contributed by atoms with van der Waals surface area (Å²) in [6, 6.07) is 7.72. The lowest BCUT2D eigenvalue weighted by Gasteiger charge is -2.15. The highest BCUT2D eigenvalue weighted by atomic mass is 16.5. The zero-order chi connectivity index (χ0) is 25.1. The Bertz CT molecular complexity index is 1440. The second kappa shape index (κ2) is 10.1. The molecule has 1 aliphatic rings. The molecular formula is C25H27N7O4. The van der Waals surface area contributed by atoms with E-state index in [1.54, 1.807) is 32.8 Å². The van der Waals surface area contributed by atoms with E-state index >= 15 is 0 Å². The van der Waals surface area contributed by atoms with Gasteiger partial charge < -0.3 is 35.7 Å². The Balaban J connectivity index is 1.41. The molecule has 0 aliphatic carbocycles. The van der Waals surface area contributed by atoms with E-state index in [9.17, 15) is 0 Å². The van der Waals surface area contributed by atoms with Gasteiger partial charge in [0.2, 0.25) is 0 Å². The minimum absolute atomic E-state index is 0.254. The quantitative estimate of drug-likeness (QED) is 0.314. The molecule has 3 aromatic heterocycles. The average Bonchev–Trinajstić information content (AvgIpc) is 3.43. The number of anilines is 1. The molecule has 0 amide bonds. The molecule has 11 heteroatoms. The molecule has 5 rings (SSSR count). The summed E-state index contributed by atoms with van der Waals surface area (Å²) in [6.45, 7) is 2.03. The van der Waals surface area contributed by atoms with Crippen LogP contribution in [0.15, 0.2) is 47.8 Å². The molecule has 36 heavy (non-hydrogen) atoms. The van der Waals surface area contributed by atoms with Crippen molar-refractivity contribution in [3.8, 4) is 28.5 Å². The number of aromatic nitrogens is 3. The van der Waals surface area contributed by atoms with Crippen LogP contribution in [0, 0.1) is 0 Å². The molecule has 0 fully saturated rings. The Morgan fingerprint density at radius 1 is 0.944 bits per heavy atom. The van der Waals surface area contributed by atoms with E-state index in [1.807, 2.05) is 24.3 Å². The Kier molecular flexibility index (Phi) is 6.54. The Morgan fingerprint density at radius 2 is 1.75 bits per heavy atom. The zero-order valence-electron chi connectivity index (χ0n) is 20.0. The third kappa shape index (κ3) is 4.73. The number of amidine groups is 1. The Morgan fingerprint density at radius 3 is 2.53 bits per heavy atom. The number of ether oxygens (including phenoxy) is 4. The van der Waals surface area contributed by atoms with E-state index in [0.717, 1.165) is 33.8 Å². The van der Waals surface area contributed by atoms with Gasteiger partial charge in [-0.05, 0) is 23.6 Å². The molecule has 1 aliphatic heterocycles. The molecule has 11 nitrogen and oxygen atoms in total. The lowest BCUT2D eigenvalue weighted by atomic mass is 10.0. The van der Waals surface area contributed by atoms with Crippen molar-refractivity contribution >= 4 is 33.5 Å². The van der Waals surface area contributed by atoms with E-state index in [2.05, 4.69) is 25.3 Å². The van der Waals surface area contributed by atoms with Crippen LogP contribution in [-0.2, 0) is 4.74 Å². The van der Waals surface area contributed by atoms with Gasteiger partial charge in [-0.3, -0.25) is 9.97 Å². The largest absolute Gasteiger partial charge is 0.493 e. The van der Waals surface area contributed by atoms with Crippen molar-refractivity contribution in [3.63, 3.8) is 0 Å². The molecule has 0 spiro atoms. The fraction of sp³-hybridized carbons (Fsp3) is 0.280. The highest BCUT2D eigenvalue weighted by molar-refractivity contribution is 6.10. The van der Waals surface area contributed by atoms with Crippen LogP contribution in [0.25, 0.3) is 32.9 Å². The number of benzene rings is 1. The number of hydrogen-bond acceptors (Lipinski definition) is 11. The van der Waals surface area contributed by atoms with Crippen molar-refractivity contribution in [1.29, 1.82) is 0 Å². The first kappa shape index (κ1) is 23.4. The van der Waals surface area contributed by atoms with Crippen LogP contribution in [-0.4, -0.2) is 67.5 Å². The maximum atomic E-state index is 6.33. The van der Waals surface area contributed by atoms with Gasteiger partial charge in [0.05, 0.1) is 44.2 Å². The number of nitrogen functional groups attached to an aromatic ring is 1. The lowest BCUT2D eigenvalue weighted by molar-refractivity contribution is 0.209. The summed E-state index contributed by atoms with van der Waals surface area (Å²) in [5, 5.41) is 5.54. The van der Waals surface area contributed by atoms with E-state index < -0.39 is 0 Å². The maximum Gasteiger partial charge on any atom is 0.284 e. The van der Waals surface area contributed by atoms with Gasteiger partial charge in [0, 0.05) is 41.3 Å². The summed E-state index contributed by atoms with van der Waals surface area (Å²) in [6.07, 6.45) is 5.05. The predicted octanol–water partition coefficient (Wildman–Crippen LogP) is 2.13. The first-order valence-corrected chi connectivity index (χ1v) is 11.4. The molecule has 0 saturated heterocycles. The number of pyridine rings is 3. The molecular weight excluding hydrogens is 462 g/mol. The third-order valence-electron chi connectivity index (χ3n) is 5.76. The molecule has 0 radical (unpaired) electrons. The van der Waals surface area contributed by atoms with E-state index in [0.29, 0.717) is 41.3 Å². The molecule has 0 bridgehead atoms. The second-order valence-electron chi connectivity index (χ2n) is 8.24. The van der Waals surface area contributed by atoms with Crippen molar-refractivity contribution in [2.24, 2.45) is 10.7 Å². The van der Waals surface area contributed by atoms with Gasteiger partial charge in [-0.15, -0.1) is 0 Å². The van der Waals surface area contributed by atoms with Crippen molar-refractivity contribution in [2.45, 2.75) is 6.04 Å². The van der Waals surface area contributed by atoms with E-state index in [4.69, 9.17) is 30.4 Å². The van der Waals surface area contributed by atoms with Crippen LogP contribution in [0.3, 0.4) is 0 Å². The topological polar surface area (TPSA) is 152 Å². The van der Waals surface area contributed by atoms with E-state index in [-0.39, 0.29) is 19.3 Å². The second-order valence-corrected chi connectivity index (χ2v) is 8.24.